The molecule has 8 heteroatoms. The topological polar surface area (TPSA) is 76.7 Å². The molecule has 0 bridgehead atoms. The highest BCUT2D eigenvalue weighted by atomic mass is 79.9. The summed E-state index contributed by atoms with van der Waals surface area (Å²) in [5.74, 6) is 0.694. The Morgan fingerprint density at radius 3 is 1.41 bits per heavy atom. The van der Waals surface area contributed by atoms with Crippen molar-refractivity contribution in [3.63, 3.8) is 0 Å². The van der Waals surface area contributed by atoms with Crippen molar-refractivity contribution in [2.24, 2.45) is 0 Å². The van der Waals surface area contributed by atoms with E-state index in [2.05, 4.69) is 42.5 Å². The number of aryl methyl sites for hydroxylation is 2. The largest absolute Gasteiger partial charge is 0.484 e. The molecule has 3 aromatic carbocycles. The van der Waals surface area contributed by atoms with Crippen molar-refractivity contribution in [2.75, 3.05) is 23.8 Å². The van der Waals surface area contributed by atoms with Gasteiger partial charge in [0.15, 0.2) is 13.2 Å². The Morgan fingerprint density at radius 1 is 0.688 bits per heavy atom. The Balaban J connectivity index is 1.44. The Morgan fingerprint density at radius 2 is 1.06 bits per heavy atom. The van der Waals surface area contributed by atoms with Crippen LogP contribution in [0.2, 0.25) is 0 Å². The minimum absolute atomic E-state index is 0.105. The number of hydrogen-bond acceptors (Lipinski definition) is 4. The van der Waals surface area contributed by atoms with Crippen molar-refractivity contribution < 1.29 is 19.1 Å². The van der Waals surface area contributed by atoms with Gasteiger partial charge in [0.1, 0.15) is 11.5 Å². The lowest BCUT2D eigenvalue weighted by Crippen LogP contribution is -2.21. The fourth-order valence-corrected chi connectivity index (χ4v) is 3.24. The summed E-state index contributed by atoms with van der Waals surface area (Å²) >= 11 is 6.86. The van der Waals surface area contributed by atoms with E-state index in [1.165, 1.54) is 0 Å². The van der Waals surface area contributed by atoms with E-state index in [9.17, 15) is 9.59 Å². The molecule has 0 aliphatic rings. The van der Waals surface area contributed by atoms with E-state index in [1.807, 2.05) is 38.1 Å². The number of carbonyl (C=O) groups excluding carboxylic acids is 2. The zero-order chi connectivity index (χ0) is 23.1. The second-order valence-electron chi connectivity index (χ2n) is 7.07. The molecule has 0 atom stereocenters. The quantitative estimate of drug-likeness (QED) is 0.361. The number of hydrogen-bond donors (Lipinski definition) is 2. The maximum absolute atomic E-state index is 12.1. The molecule has 2 N–H and O–H groups in total. The van der Waals surface area contributed by atoms with Gasteiger partial charge in [-0.05, 0) is 85.6 Å². The Kier molecular flexibility index (Phi) is 8.30. The summed E-state index contributed by atoms with van der Waals surface area (Å²) in [7, 11) is 0. The normalized spacial score (nSPS) is 10.4. The first-order valence-electron chi connectivity index (χ1n) is 9.78. The highest BCUT2D eigenvalue weighted by molar-refractivity contribution is 9.10. The standard InChI is InChI=1S/C24H22Br2N2O4/c1-15-11-19(7-9-21(15)25)31-13-23(29)27-17-3-5-18(6-4-17)28-24(30)14-32-20-8-10-22(26)16(2)12-20/h3-12H,13-14H2,1-2H3,(H,27,29)(H,28,30). The maximum atomic E-state index is 12.1. The SMILES string of the molecule is Cc1cc(OCC(=O)Nc2ccc(NC(=O)COc3ccc(Br)c(C)c3)cc2)ccc1Br. The van der Waals surface area contributed by atoms with Crippen molar-refractivity contribution in [1.82, 2.24) is 0 Å². The maximum Gasteiger partial charge on any atom is 0.262 e. The van der Waals surface area contributed by atoms with Gasteiger partial charge in [0.2, 0.25) is 0 Å². The van der Waals surface area contributed by atoms with Crippen molar-refractivity contribution in [1.29, 1.82) is 0 Å². The average Bonchev–Trinajstić information content (AvgIpc) is 2.77. The van der Waals surface area contributed by atoms with Gasteiger partial charge in [-0.2, -0.15) is 0 Å². The third-order valence-corrected chi connectivity index (χ3v) is 6.23. The predicted octanol–water partition coefficient (Wildman–Crippen LogP) is 5.86. The van der Waals surface area contributed by atoms with Crippen LogP contribution in [0.4, 0.5) is 11.4 Å². The van der Waals surface area contributed by atoms with Gasteiger partial charge in [-0.25, -0.2) is 0 Å². The molecule has 0 heterocycles. The summed E-state index contributed by atoms with van der Waals surface area (Å²) in [5, 5.41) is 5.52. The van der Waals surface area contributed by atoms with E-state index in [4.69, 9.17) is 9.47 Å². The second-order valence-corrected chi connectivity index (χ2v) is 8.78. The van der Waals surface area contributed by atoms with Gasteiger partial charge in [0, 0.05) is 20.3 Å². The number of ether oxygens (including phenoxy) is 2. The monoisotopic (exact) mass is 560 g/mol. The van der Waals surface area contributed by atoms with Gasteiger partial charge in [-0.1, -0.05) is 31.9 Å². The Labute approximate surface area is 203 Å². The molecule has 2 amide bonds. The van der Waals surface area contributed by atoms with Gasteiger partial charge in [0.25, 0.3) is 11.8 Å². The fraction of sp³-hybridized carbons (Fsp3) is 0.167. The smallest absolute Gasteiger partial charge is 0.262 e. The van der Waals surface area contributed by atoms with Crippen LogP contribution in [0.3, 0.4) is 0 Å². The Bertz CT molecular complexity index is 1030. The molecule has 0 unspecified atom stereocenters. The molecule has 0 spiro atoms. The minimum Gasteiger partial charge on any atom is -0.484 e. The van der Waals surface area contributed by atoms with Crippen LogP contribution < -0.4 is 20.1 Å². The number of benzene rings is 3. The van der Waals surface area contributed by atoms with Crippen LogP contribution in [0.15, 0.2) is 69.6 Å². The molecular weight excluding hydrogens is 540 g/mol. The molecule has 0 aromatic heterocycles. The predicted molar refractivity (Wildman–Crippen MR) is 132 cm³/mol. The van der Waals surface area contributed by atoms with E-state index >= 15 is 0 Å². The van der Waals surface area contributed by atoms with Gasteiger partial charge in [-0.15, -0.1) is 0 Å². The summed E-state index contributed by atoms with van der Waals surface area (Å²) in [6.07, 6.45) is 0. The molecule has 166 valence electrons. The summed E-state index contributed by atoms with van der Waals surface area (Å²) in [6, 6.07) is 17.9. The molecule has 0 radical (unpaired) electrons. The van der Waals surface area contributed by atoms with Gasteiger partial charge in [-0.3, -0.25) is 9.59 Å². The number of rotatable bonds is 8. The molecule has 0 fully saturated rings. The van der Waals surface area contributed by atoms with Crippen LogP contribution in [0.5, 0.6) is 11.5 Å². The van der Waals surface area contributed by atoms with E-state index < -0.39 is 0 Å². The van der Waals surface area contributed by atoms with E-state index in [0.717, 1.165) is 20.1 Å². The number of nitrogens with one attached hydrogen (secondary N) is 2. The second kappa shape index (κ2) is 11.2. The summed E-state index contributed by atoms with van der Waals surface area (Å²) in [5.41, 5.74) is 3.26. The molecule has 0 aliphatic heterocycles. The van der Waals surface area contributed by atoms with Gasteiger partial charge < -0.3 is 20.1 Å². The summed E-state index contributed by atoms with van der Waals surface area (Å²) < 4.78 is 13.0. The summed E-state index contributed by atoms with van der Waals surface area (Å²) in [4.78, 5) is 24.3. The highest BCUT2D eigenvalue weighted by Crippen LogP contribution is 2.22. The number of carbonyl (C=O) groups is 2. The number of anilines is 2. The molecule has 0 saturated carbocycles. The third kappa shape index (κ3) is 7.10. The molecule has 3 rings (SSSR count). The lowest BCUT2D eigenvalue weighted by molar-refractivity contribution is -0.118. The van der Waals surface area contributed by atoms with E-state index in [0.29, 0.717) is 22.9 Å². The van der Waals surface area contributed by atoms with E-state index in [-0.39, 0.29) is 25.0 Å². The first kappa shape index (κ1) is 23.8. The van der Waals surface area contributed by atoms with Gasteiger partial charge >= 0.3 is 0 Å². The van der Waals surface area contributed by atoms with Crippen molar-refractivity contribution in [3.05, 3.63) is 80.7 Å². The van der Waals surface area contributed by atoms with Gasteiger partial charge in [0.05, 0.1) is 0 Å². The fourth-order valence-electron chi connectivity index (χ4n) is 2.74. The van der Waals surface area contributed by atoms with Crippen molar-refractivity contribution in [3.8, 4) is 11.5 Å². The van der Waals surface area contributed by atoms with Crippen LogP contribution in [-0.4, -0.2) is 25.0 Å². The average molecular weight is 562 g/mol. The Hall–Kier alpha value is -2.84. The van der Waals surface area contributed by atoms with Crippen LogP contribution in [-0.2, 0) is 9.59 Å². The molecule has 0 aliphatic carbocycles. The zero-order valence-electron chi connectivity index (χ0n) is 17.6. The highest BCUT2D eigenvalue weighted by Gasteiger charge is 2.07. The van der Waals surface area contributed by atoms with Crippen LogP contribution >= 0.6 is 31.9 Å². The van der Waals surface area contributed by atoms with Crippen LogP contribution in [0.1, 0.15) is 11.1 Å². The molecule has 3 aromatic rings. The van der Waals surface area contributed by atoms with Crippen molar-refractivity contribution >= 4 is 55.0 Å². The number of amides is 2. The first-order valence-corrected chi connectivity index (χ1v) is 11.4. The minimum atomic E-state index is -0.277. The number of halogens is 2. The lowest BCUT2D eigenvalue weighted by atomic mass is 10.2. The lowest BCUT2D eigenvalue weighted by Gasteiger charge is -2.10. The third-order valence-electron chi connectivity index (χ3n) is 4.45. The van der Waals surface area contributed by atoms with E-state index in [1.54, 1.807) is 36.4 Å². The molecular formula is C24H22Br2N2O4. The first-order chi connectivity index (χ1) is 15.3. The zero-order valence-corrected chi connectivity index (χ0v) is 20.7. The van der Waals surface area contributed by atoms with Crippen LogP contribution in [0.25, 0.3) is 0 Å². The van der Waals surface area contributed by atoms with Crippen LogP contribution in [0, 0.1) is 13.8 Å². The molecule has 6 nitrogen and oxygen atoms in total. The summed E-state index contributed by atoms with van der Waals surface area (Å²) in [6.45, 7) is 3.69. The van der Waals surface area contributed by atoms with Crippen molar-refractivity contribution in [2.45, 2.75) is 13.8 Å². The molecule has 0 saturated heterocycles. The molecule has 32 heavy (non-hydrogen) atoms.